The van der Waals surface area contributed by atoms with Gasteiger partial charge in [-0.1, -0.05) is 40.9 Å². The van der Waals surface area contributed by atoms with Gasteiger partial charge in [-0.2, -0.15) is 10.2 Å². The van der Waals surface area contributed by atoms with Crippen LogP contribution in [0.15, 0.2) is 54.7 Å². The number of ether oxygens (including phenoxy) is 1. The number of nitrogens with one attached hydrogen (secondary N) is 1. The van der Waals surface area contributed by atoms with E-state index in [0.717, 1.165) is 16.8 Å². The summed E-state index contributed by atoms with van der Waals surface area (Å²) in [6.45, 7) is 4.46. The lowest BCUT2D eigenvalue weighted by atomic mass is 10.2. The van der Waals surface area contributed by atoms with Gasteiger partial charge in [-0.05, 0) is 61.4 Å². The standard InChI is InChI=1S/C23H20Cl3N5O2/c1-14-9-17(4-6-18(14)24)33-13-30-8-7-21(28-30)23(32)27-22-10-15(2)31(29-22)12-16-3-5-19(25)20(26)11-16/h3-11H,12-13H2,1-2H3,(H,27,29,32). The van der Waals surface area contributed by atoms with Crippen LogP contribution in [-0.2, 0) is 13.3 Å². The first-order valence-corrected chi connectivity index (χ1v) is 11.1. The lowest BCUT2D eigenvalue weighted by molar-refractivity contribution is 0.101. The molecule has 1 amide bonds. The second kappa shape index (κ2) is 9.87. The Balaban J connectivity index is 1.37. The predicted molar refractivity (Wildman–Crippen MR) is 130 cm³/mol. The number of carbonyl (C=O) groups excluding carboxylic acids is 1. The molecule has 0 aliphatic heterocycles. The maximum Gasteiger partial charge on any atom is 0.277 e. The molecule has 0 aliphatic carbocycles. The predicted octanol–water partition coefficient (Wildman–Crippen LogP) is 5.99. The molecule has 7 nitrogen and oxygen atoms in total. The van der Waals surface area contributed by atoms with Crippen molar-refractivity contribution in [1.82, 2.24) is 19.6 Å². The molecule has 0 fully saturated rings. The van der Waals surface area contributed by atoms with Crippen LogP contribution in [0.3, 0.4) is 0 Å². The summed E-state index contributed by atoms with van der Waals surface area (Å²) in [6, 6.07) is 14.2. The number of nitrogens with zero attached hydrogens (tertiary/aromatic N) is 4. The lowest BCUT2D eigenvalue weighted by Gasteiger charge is -2.07. The van der Waals surface area contributed by atoms with Crippen molar-refractivity contribution in [3.8, 4) is 5.75 Å². The first-order valence-electron chi connectivity index (χ1n) is 10.0. The zero-order chi connectivity index (χ0) is 23.5. The van der Waals surface area contributed by atoms with Crippen molar-refractivity contribution < 1.29 is 9.53 Å². The Morgan fingerprint density at radius 1 is 0.970 bits per heavy atom. The summed E-state index contributed by atoms with van der Waals surface area (Å²) in [7, 11) is 0. The maximum atomic E-state index is 12.6. The average molecular weight is 505 g/mol. The minimum Gasteiger partial charge on any atom is -0.471 e. The number of benzene rings is 2. The number of hydrogen-bond donors (Lipinski definition) is 1. The molecule has 33 heavy (non-hydrogen) atoms. The second-order valence-electron chi connectivity index (χ2n) is 7.46. The number of amides is 1. The molecule has 4 rings (SSSR count). The molecule has 0 atom stereocenters. The van der Waals surface area contributed by atoms with Crippen LogP contribution in [0.1, 0.15) is 27.3 Å². The van der Waals surface area contributed by atoms with Crippen molar-refractivity contribution in [1.29, 1.82) is 0 Å². The summed E-state index contributed by atoms with van der Waals surface area (Å²) in [5.41, 5.74) is 3.00. The molecule has 4 aromatic rings. The molecule has 0 aliphatic rings. The van der Waals surface area contributed by atoms with Crippen molar-refractivity contribution >= 4 is 46.5 Å². The summed E-state index contributed by atoms with van der Waals surface area (Å²) in [4.78, 5) is 12.6. The highest BCUT2D eigenvalue weighted by molar-refractivity contribution is 6.42. The van der Waals surface area contributed by atoms with E-state index in [1.54, 1.807) is 47.3 Å². The van der Waals surface area contributed by atoms with Gasteiger partial charge in [-0.25, -0.2) is 4.68 Å². The van der Waals surface area contributed by atoms with E-state index in [-0.39, 0.29) is 18.3 Å². The van der Waals surface area contributed by atoms with E-state index < -0.39 is 0 Å². The molecule has 2 aromatic heterocycles. The van der Waals surface area contributed by atoms with Crippen molar-refractivity contribution in [2.45, 2.75) is 27.1 Å². The van der Waals surface area contributed by atoms with Crippen LogP contribution in [0.4, 0.5) is 5.82 Å². The van der Waals surface area contributed by atoms with Gasteiger partial charge in [-0.3, -0.25) is 9.48 Å². The normalized spacial score (nSPS) is 10.9. The SMILES string of the molecule is Cc1cc(OCn2ccc(C(=O)Nc3cc(C)n(Cc4ccc(Cl)c(Cl)c4)n3)n2)ccc1Cl. The van der Waals surface area contributed by atoms with E-state index >= 15 is 0 Å². The van der Waals surface area contributed by atoms with E-state index in [1.165, 1.54) is 4.68 Å². The fourth-order valence-corrected chi connectivity index (χ4v) is 3.56. The Morgan fingerprint density at radius 3 is 2.52 bits per heavy atom. The fourth-order valence-electron chi connectivity index (χ4n) is 3.12. The molecule has 10 heteroatoms. The summed E-state index contributed by atoms with van der Waals surface area (Å²) >= 11 is 18.1. The van der Waals surface area contributed by atoms with Crippen molar-refractivity contribution in [2.75, 3.05) is 5.32 Å². The van der Waals surface area contributed by atoms with Crippen molar-refractivity contribution in [3.63, 3.8) is 0 Å². The van der Waals surface area contributed by atoms with Crippen LogP contribution < -0.4 is 10.1 Å². The van der Waals surface area contributed by atoms with Gasteiger partial charge >= 0.3 is 0 Å². The van der Waals surface area contributed by atoms with Gasteiger partial charge in [0.15, 0.2) is 18.2 Å². The number of aromatic nitrogens is 4. The smallest absolute Gasteiger partial charge is 0.277 e. The van der Waals surface area contributed by atoms with Gasteiger partial charge in [0, 0.05) is 23.0 Å². The van der Waals surface area contributed by atoms with Crippen molar-refractivity contribution in [2.24, 2.45) is 0 Å². The summed E-state index contributed by atoms with van der Waals surface area (Å²) < 4.78 is 9.02. The molecular formula is C23H20Cl3N5O2. The number of rotatable bonds is 7. The summed E-state index contributed by atoms with van der Waals surface area (Å²) in [5, 5.41) is 13.2. The minimum atomic E-state index is -0.365. The van der Waals surface area contributed by atoms with Crippen LogP contribution in [0.5, 0.6) is 5.75 Å². The molecule has 2 heterocycles. The summed E-state index contributed by atoms with van der Waals surface area (Å²) in [6.07, 6.45) is 1.67. The monoisotopic (exact) mass is 503 g/mol. The molecule has 0 saturated carbocycles. The fraction of sp³-hybridized carbons (Fsp3) is 0.174. The first-order chi connectivity index (χ1) is 15.8. The number of hydrogen-bond acceptors (Lipinski definition) is 4. The Hall–Kier alpha value is -3.00. The minimum absolute atomic E-state index is 0.158. The highest BCUT2D eigenvalue weighted by atomic mass is 35.5. The third-order valence-corrected chi connectivity index (χ3v) is 6.07. The zero-order valence-corrected chi connectivity index (χ0v) is 20.1. The Labute approximate surface area is 205 Å². The topological polar surface area (TPSA) is 74.0 Å². The third kappa shape index (κ3) is 5.68. The highest BCUT2D eigenvalue weighted by Crippen LogP contribution is 2.24. The molecule has 2 aromatic carbocycles. The maximum absolute atomic E-state index is 12.6. The van der Waals surface area contributed by atoms with E-state index in [4.69, 9.17) is 39.5 Å². The van der Waals surface area contributed by atoms with Gasteiger partial charge in [0.25, 0.3) is 5.91 Å². The first kappa shape index (κ1) is 23.2. The van der Waals surface area contributed by atoms with Gasteiger partial charge in [0.2, 0.25) is 0 Å². The van der Waals surface area contributed by atoms with Gasteiger partial charge in [0.05, 0.1) is 16.6 Å². The Bertz CT molecular complexity index is 1320. The number of carbonyl (C=O) groups is 1. The molecule has 0 saturated heterocycles. The molecule has 0 bridgehead atoms. The molecule has 0 unspecified atom stereocenters. The lowest BCUT2D eigenvalue weighted by Crippen LogP contribution is -2.15. The summed E-state index contributed by atoms with van der Waals surface area (Å²) in [5.74, 6) is 0.733. The Kier molecular flexibility index (Phi) is 6.93. The average Bonchev–Trinajstić information content (AvgIpc) is 3.38. The quantitative estimate of drug-likeness (QED) is 0.335. The number of halogens is 3. The van der Waals surface area contributed by atoms with Gasteiger partial charge < -0.3 is 10.1 Å². The van der Waals surface area contributed by atoms with Gasteiger partial charge in [-0.15, -0.1) is 0 Å². The second-order valence-corrected chi connectivity index (χ2v) is 8.68. The molecular weight excluding hydrogens is 485 g/mol. The molecule has 0 spiro atoms. The van der Waals surface area contributed by atoms with Crippen LogP contribution in [0.2, 0.25) is 15.1 Å². The molecule has 170 valence electrons. The number of aryl methyl sites for hydroxylation is 2. The van der Waals surface area contributed by atoms with Crippen LogP contribution in [0, 0.1) is 13.8 Å². The van der Waals surface area contributed by atoms with Crippen LogP contribution in [-0.4, -0.2) is 25.5 Å². The van der Waals surface area contributed by atoms with Crippen LogP contribution in [0.25, 0.3) is 0 Å². The van der Waals surface area contributed by atoms with E-state index in [2.05, 4.69) is 15.5 Å². The van der Waals surface area contributed by atoms with E-state index in [0.29, 0.717) is 33.2 Å². The van der Waals surface area contributed by atoms with E-state index in [1.807, 2.05) is 26.0 Å². The van der Waals surface area contributed by atoms with Crippen LogP contribution >= 0.6 is 34.8 Å². The van der Waals surface area contributed by atoms with Gasteiger partial charge in [0.1, 0.15) is 5.75 Å². The molecule has 0 radical (unpaired) electrons. The largest absolute Gasteiger partial charge is 0.471 e. The Morgan fingerprint density at radius 2 is 1.76 bits per heavy atom. The number of anilines is 1. The van der Waals surface area contributed by atoms with E-state index in [9.17, 15) is 4.79 Å². The zero-order valence-electron chi connectivity index (χ0n) is 17.8. The third-order valence-electron chi connectivity index (χ3n) is 4.91. The van der Waals surface area contributed by atoms with Crippen molar-refractivity contribution in [3.05, 3.63) is 92.3 Å². The highest BCUT2D eigenvalue weighted by Gasteiger charge is 2.13. The molecule has 1 N–H and O–H groups in total.